The number of benzene rings is 1. The Labute approximate surface area is 207 Å². The van der Waals surface area contributed by atoms with Crippen LogP contribution >= 0.6 is 0 Å². The summed E-state index contributed by atoms with van der Waals surface area (Å²) in [5.41, 5.74) is 11.2. The first-order valence-corrected chi connectivity index (χ1v) is 11.0. The Morgan fingerprint density at radius 1 is 0.861 bits per heavy atom. The van der Waals surface area contributed by atoms with Crippen LogP contribution in [0.2, 0.25) is 0 Å². The Morgan fingerprint density at radius 2 is 1.33 bits per heavy atom. The number of aliphatic hydroxyl groups excluding tert-OH is 2. The molecule has 36 heavy (non-hydrogen) atoms. The standard InChI is InChI=1S/C22H33N5O9/c1-10(28)17(20(33)25-15(22(35)36)9-12-3-5-13(30)6-4-12)27-21(34)18(11(2)29)26-19(32)14(23)7-8-16(24)31/h3-6,10-11,14-15,17-18,28-30H,7-9,23H2,1-2H3,(H2,24,31)(H,25,33)(H,26,32)(H,27,34)(H,35,36). The molecule has 0 heterocycles. The van der Waals surface area contributed by atoms with Gasteiger partial charge in [-0.3, -0.25) is 19.2 Å². The largest absolute Gasteiger partial charge is 0.508 e. The van der Waals surface area contributed by atoms with Crippen molar-refractivity contribution in [1.82, 2.24) is 16.0 Å². The maximum atomic E-state index is 12.7. The van der Waals surface area contributed by atoms with Gasteiger partial charge in [-0.1, -0.05) is 12.1 Å². The van der Waals surface area contributed by atoms with Gasteiger partial charge in [0, 0.05) is 12.8 Å². The fraction of sp³-hybridized carbons (Fsp3) is 0.500. The lowest BCUT2D eigenvalue weighted by molar-refractivity contribution is -0.143. The minimum atomic E-state index is -1.64. The molecule has 11 N–H and O–H groups in total. The summed E-state index contributed by atoms with van der Waals surface area (Å²) in [6, 6.07) is -0.239. The van der Waals surface area contributed by atoms with E-state index in [9.17, 15) is 44.4 Å². The molecule has 0 fully saturated rings. The second-order valence-corrected chi connectivity index (χ2v) is 8.34. The van der Waals surface area contributed by atoms with E-state index in [1.807, 2.05) is 0 Å². The molecule has 0 aliphatic rings. The van der Waals surface area contributed by atoms with Crippen molar-refractivity contribution >= 4 is 29.6 Å². The summed E-state index contributed by atoms with van der Waals surface area (Å²) in [7, 11) is 0. The molecule has 0 saturated heterocycles. The van der Waals surface area contributed by atoms with Gasteiger partial charge >= 0.3 is 5.97 Å². The highest BCUT2D eigenvalue weighted by Gasteiger charge is 2.34. The molecule has 0 radical (unpaired) electrons. The number of hydrogen-bond acceptors (Lipinski definition) is 9. The van der Waals surface area contributed by atoms with Crippen molar-refractivity contribution in [3.63, 3.8) is 0 Å². The first kappa shape index (κ1) is 30.3. The molecule has 200 valence electrons. The summed E-state index contributed by atoms with van der Waals surface area (Å²) >= 11 is 0. The van der Waals surface area contributed by atoms with Gasteiger partial charge in [0.2, 0.25) is 23.6 Å². The molecule has 0 saturated carbocycles. The molecule has 0 aliphatic heterocycles. The number of carboxylic acids is 1. The van der Waals surface area contributed by atoms with E-state index in [1.165, 1.54) is 38.1 Å². The summed E-state index contributed by atoms with van der Waals surface area (Å²) in [4.78, 5) is 60.3. The van der Waals surface area contributed by atoms with Crippen LogP contribution in [-0.4, -0.2) is 86.4 Å². The molecule has 4 amide bonds. The van der Waals surface area contributed by atoms with E-state index in [0.717, 1.165) is 0 Å². The molecule has 1 aromatic carbocycles. The highest BCUT2D eigenvalue weighted by Crippen LogP contribution is 2.12. The smallest absolute Gasteiger partial charge is 0.326 e. The van der Waals surface area contributed by atoms with Gasteiger partial charge in [-0.2, -0.15) is 0 Å². The number of carboxylic acid groups (broad SMARTS) is 1. The predicted octanol–water partition coefficient (Wildman–Crippen LogP) is -3.17. The lowest BCUT2D eigenvalue weighted by atomic mass is 10.0. The lowest BCUT2D eigenvalue weighted by Crippen LogP contribution is -2.62. The molecular formula is C22H33N5O9. The molecular weight excluding hydrogens is 478 g/mol. The summed E-state index contributed by atoms with van der Waals surface area (Å²) in [5, 5.41) is 45.5. The minimum Gasteiger partial charge on any atom is -0.508 e. The third-order valence-corrected chi connectivity index (χ3v) is 5.15. The number of aliphatic carboxylic acids is 1. The molecule has 6 atom stereocenters. The molecule has 0 aromatic heterocycles. The Hall–Kier alpha value is -3.75. The van der Waals surface area contributed by atoms with Crippen molar-refractivity contribution in [3.05, 3.63) is 29.8 Å². The number of carbonyl (C=O) groups excluding carboxylic acids is 4. The topological polar surface area (TPSA) is 254 Å². The Morgan fingerprint density at radius 3 is 1.78 bits per heavy atom. The Kier molecular flexibility index (Phi) is 11.7. The van der Waals surface area contributed by atoms with E-state index in [0.29, 0.717) is 5.56 Å². The second-order valence-electron chi connectivity index (χ2n) is 8.34. The van der Waals surface area contributed by atoms with Gasteiger partial charge in [0.15, 0.2) is 0 Å². The van der Waals surface area contributed by atoms with E-state index in [2.05, 4.69) is 16.0 Å². The number of aromatic hydroxyl groups is 1. The molecule has 6 unspecified atom stereocenters. The van der Waals surface area contributed by atoms with Crippen LogP contribution in [0.4, 0.5) is 0 Å². The number of phenolic OH excluding ortho intramolecular Hbond substituents is 1. The van der Waals surface area contributed by atoms with Gasteiger partial charge in [0.25, 0.3) is 0 Å². The molecule has 0 aliphatic carbocycles. The van der Waals surface area contributed by atoms with Crippen LogP contribution in [0.15, 0.2) is 24.3 Å². The second kappa shape index (κ2) is 14.0. The predicted molar refractivity (Wildman–Crippen MR) is 125 cm³/mol. The number of nitrogens with two attached hydrogens (primary N) is 2. The van der Waals surface area contributed by atoms with Gasteiger partial charge in [-0.25, -0.2) is 4.79 Å². The molecule has 14 heteroatoms. The van der Waals surface area contributed by atoms with Crippen LogP contribution in [0.25, 0.3) is 0 Å². The van der Waals surface area contributed by atoms with Gasteiger partial charge in [0.1, 0.15) is 23.9 Å². The van der Waals surface area contributed by atoms with E-state index in [1.54, 1.807) is 0 Å². The van der Waals surface area contributed by atoms with Gasteiger partial charge in [0.05, 0.1) is 18.2 Å². The normalized spacial score (nSPS) is 15.9. The monoisotopic (exact) mass is 511 g/mol. The summed E-state index contributed by atoms with van der Waals surface area (Å²) < 4.78 is 0. The average Bonchev–Trinajstić information content (AvgIpc) is 2.79. The minimum absolute atomic E-state index is 0.0277. The summed E-state index contributed by atoms with van der Waals surface area (Å²) in [6.45, 7) is 2.37. The van der Waals surface area contributed by atoms with Gasteiger partial charge < -0.3 is 47.8 Å². The SMILES string of the molecule is CC(O)C(NC(=O)C(N)CCC(N)=O)C(=O)NC(C(=O)NC(Cc1ccc(O)cc1)C(=O)O)C(C)O. The summed E-state index contributed by atoms with van der Waals surface area (Å²) in [5.74, 6) is -5.04. The number of aliphatic hydroxyl groups is 2. The van der Waals surface area contributed by atoms with Crippen LogP contribution in [0.5, 0.6) is 5.75 Å². The van der Waals surface area contributed by atoms with Crippen molar-refractivity contribution < 1.29 is 44.4 Å². The maximum absolute atomic E-state index is 12.7. The quantitative estimate of drug-likeness (QED) is 0.121. The summed E-state index contributed by atoms with van der Waals surface area (Å²) in [6.07, 6.45) is -3.38. The van der Waals surface area contributed by atoms with Crippen LogP contribution in [0, 0.1) is 0 Å². The van der Waals surface area contributed by atoms with Crippen LogP contribution in [-0.2, 0) is 30.4 Å². The number of hydrogen-bond donors (Lipinski definition) is 9. The average molecular weight is 512 g/mol. The lowest BCUT2D eigenvalue weighted by Gasteiger charge is -2.27. The van der Waals surface area contributed by atoms with Gasteiger partial charge in [-0.15, -0.1) is 0 Å². The van der Waals surface area contributed by atoms with Crippen molar-refractivity contribution in [3.8, 4) is 5.75 Å². The number of amides is 4. The number of carbonyl (C=O) groups is 5. The Bertz CT molecular complexity index is 936. The molecule has 0 bridgehead atoms. The number of primary amides is 1. The highest BCUT2D eigenvalue weighted by atomic mass is 16.4. The third kappa shape index (κ3) is 9.85. The zero-order valence-electron chi connectivity index (χ0n) is 19.9. The van der Waals surface area contributed by atoms with Crippen LogP contribution in [0.3, 0.4) is 0 Å². The molecule has 14 nitrogen and oxygen atoms in total. The van der Waals surface area contributed by atoms with E-state index >= 15 is 0 Å². The van der Waals surface area contributed by atoms with Crippen LogP contribution in [0.1, 0.15) is 32.3 Å². The fourth-order valence-electron chi connectivity index (χ4n) is 3.07. The molecule has 1 aromatic rings. The van der Waals surface area contributed by atoms with E-state index in [-0.39, 0.29) is 25.0 Å². The first-order chi connectivity index (χ1) is 16.7. The maximum Gasteiger partial charge on any atom is 0.326 e. The first-order valence-electron chi connectivity index (χ1n) is 11.0. The number of phenols is 1. The number of nitrogens with one attached hydrogen (secondary N) is 3. The van der Waals surface area contributed by atoms with Crippen LogP contribution < -0.4 is 27.4 Å². The fourth-order valence-corrected chi connectivity index (χ4v) is 3.07. The van der Waals surface area contributed by atoms with Crippen molar-refractivity contribution in [2.75, 3.05) is 0 Å². The van der Waals surface area contributed by atoms with Crippen molar-refractivity contribution in [2.24, 2.45) is 11.5 Å². The van der Waals surface area contributed by atoms with Crippen molar-refractivity contribution in [2.45, 2.75) is 69.5 Å². The number of rotatable bonds is 14. The highest BCUT2D eigenvalue weighted by molar-refractivity contribution is 5.94. The zero-order chi connectivity index (χ0) is 27.6. The van der Waals surface area contributed by atoms with Crippen molar-refractivity contribution in [1.29, 1.82) is 0 Å². The van der Waals surface area contributed by atoms with E-state index < -0.39 is 66.0 Å². The Balaban J connectivity index is 2.92. The van der Waals surface area contributed by atoms with E-state index in [4.69, 9.17) is 11.5 Å². The van der Waals surface area contributed by atoms with Gasteiger partial charge in [-0.05, 0) is 38.0 Å². The zero-order valence-corrected chi connectivity index (χ0v) is 19.9. The third-order valence-electron chi connectivity index (χ3n) is 5.15. The molecule has 1 rings (SSSR count). The molecule has 0 spiro atoms.